The van der Waals surface area contributed by atoms with E-state index in [9.17, 15) is 9.35 Å². The lowest BCUT2D eigenvalue weighted by molar-refractivity contribution is -0.142. The van der Waals surface area contributed by atoms with E-state index in [4.69, 9.17) is 19.7 Å². The topological polar surface area (TPSA) is 96.6 Å². The number of hydrogen-bond acceptors (Lipinski definition) is 5. The Morgan fingerprint density at radius 1 is 1.09 bits per heavy atom. The molecule has 0 spiro atoms. The zero-order chi connectivity index (χ0) is 24.8. The first-order valence-corrected chi connectivity index (χ1v) is 13.5. The van der Waals surface area contributed by atoms with Crippen LogP contribution in [-0.2, 0) is 27.3 Å². The molecule has 8 heteroatoms. The molecule has 35 heavy (non-hydrogen) atoms. The molecular formula is C27H32N2O5S. The molecule has 7 nitrogen and oxygen atoms in total. The van der Waals surface area contributed by atoms with Crippen molar-refractivity contribution in [2.45, 2.75) is 37.3 Å². The van der Waals surface area contributed by atoms with Gasteiger partial charge >= 0.3 is 5.97 Å². The molecule has 0 bridgehead atoms. The van der Waals surface area contributed by atoms with Crippen molar-refractivity contribution in [3.05, 3.63) is 54.6 Å². The molecule has 0 amide bonds. The van der Waals surface area contributed by atoms with Crippen molar-refractivity contribution in [3.63, 3.8) is 0 Å². The number of methoxy groups -OCH3 is 1. The SMILES string of the molecule is COc1cccc(-c2c(-c3ccccc3)nn(C[C@H]3CC[C@@H](COCC(=O)O)CC3)c2[S+](C)[O-])c1. The Labute approximate surface area is 209 Å². The summed E-state index contributed by atoms with van der Waals surface area (Å²) in [7, 11) is 1.64. The second-order valence-corrected chi connectivity index (χ2v) is 10.4. The number of carboxylic acids is 1. The molecule has 1 aliphatic rings. The molecule has 1 atom stereocenters. The maximum atomic E-state index is 13.1. The number of benzene rings is 2. The highest BCUT2D eigenvalue weighted by Gasteiger charge is 2.30. The Morgan fingerprint density at radius 2 is 1.77 bits per heavy atom. The molecule has 3 aromatic rings. The molecule has 1 fully saturated rings. The van der Waals surface area contributed by atoms with Crippen molar-refractivity contribution in [1.82, 2.24) is 9.78 Å². The van der Waals surface area contributed by atoms with Gasteiger partial charge in [0.25, 0.3) is 5.03 Å². The van der Waals surface area contributed by atoms with Crippen LogP contribution in [0.4, 0.5) is 0 Å². The minimum Gasteiger partial charge on any atom is -0.610 e. The molecular weight excluding hydrogens is 464 g/mol. The number of hydrogen-bond donors (Lipinski definition) is 1. The maximum absolute atomic E-state index is 13.1. The third kappa shape index (κ3) is 6.25. The summed E-state index contributed by atoms with van der Waals surface area (Å²) in [5.74, 6) is 0.606. The van der Waals surface area contributed by atoms with Crippen molar-refractivity contribution in [2.75, 3.05) is 26.6 Å². The van der Waals surface area contributed by atoms with Crippen molar-refractivity contribution in [3.8, 4) is 28.1 Å². The molecule has 0 radical (unpaired) electrons. The lowest BCUT2D eigenvalue weighted by atomic mass is 9.82. The van der Waals surface area contributed by atoms with E-state index in [2.05, 4.69) is 0 Å². The minimum atomic E-state index is -1.25. The van der Waals surface area contributed by atoms with Crippen LogP contribution in [0.25, 0.3) is 22.4 Å². The summed E-state index contributed by atoms with van der Waals surface area (Å²) in [5, 5.41) is 14.5. The number of carbonyl (C=O) groups is 1. The largest absolute Gasteiger partial charge is 0.610 e. The summed E-state index contributed by atoms with van der Waals surface area (Å²) in [4.78, 5) is 10.7. The molecule has 1 N–H and O–H groups in total. The smallest absolute Gasteiger partial charge is 0.329 e. The van der Waals surface area contributed by atoms with Crippen LogP contribution in [0.5, 0.6) is 5.75 Å². The molecule has 1 aliphatic carbocycles. The van der Waals surface area contributed by atoms with Crippen LogP contribution in [0.1, 0.15) is 25.7 Å². The van der Waals surface area contributed by atoms with Crippen molar-refractivity contribution in [2.24, 2.45) is 11.8 Å². The Kier molecular flexibility index (Phi) is 8.49. The van der Waals surface area contributed by atoms with E-state index < -0.39 is 17.1 Å². The van der Waals surface area contributed by atoms with Crippen molar-refractivity contribution >= 4 is 17.1 Å². The average molecular weight is 497 g/mol. The molecule has 1 heterocycles. The van der Waals surface area contributed by atoms with E-state index in [0.29, 0.717) is 25.0 Å². The predicted octanol–water partition coefficient (Wildman–Crippen LogP) is 4.87. The van der Waals surface area contributed by atoms with Gasteiger partial charge in [0.1, 0.15) is 24.3 Å². The predicted molar refractivity (Wildman–Crippen MR) is 136 cm³/mol. The molecule has 186 valence electrons. The quantitative estimate of drug-likeness (QED) is 0.402. The Hall–Kier alpha value is -2.81. The summed E-state index contributed by atoms with van der Waals surface area (Å²) < 4.78 is 25.8. The highest BCUT2D eigenvalue weighted by molar-refractivity contribution is 7.90. The monoisotopic (exact) mass is 496 g/mol. The van der Waals surface area contributed by atoms with Crippen LogP contribution >= 0.6 is 0 Å². The lowest BCUT2D eigenvalue weighted by Crippen LogP contribution is -2.24. The van der Waals surface area contributed by atoms with Gasteiger partial charge in [0.2, 0.25) is 0 Å². The second-order valence-electron chi connectivity index (χ2n) is 9.06. The van der Waals surface area contributed by atoms with Gasteiger partial charge in [-0.2, -0.15) is 5.10 Å². The van der Waals surface area contributed by atoms with Gasteiger partial charge in [-0.3, -0.25) is 0 Å². The zero-order valence-corrected chi connectivity index (χ0v) is 21.0. The van der Waals surface area contributed by atoms with Crippen molar-refractivity contribution in [1.29, 1.82) is 0 Å². The summed E-state index contributed by atoms with van der Waals surface area (Å²) >= 11 is -1.25. The molecule has 0 saturated heterocycles. The fourth-order valence-electron chi connectivity index (χ4n) is 4.84. The number of nitrogens with zero attached hydrogens (tertiary/aromatic N) is 2. The van der Waals surface area contributed by atoms with Crippen LogP contribution in [0.15, 0.2) is 59.6 Å². The van der Waals surface area contributed by atoms with Gasteiger partial charge in [0.05, 0.1) is 19.3 Å². The normalized spacial score (nSPS) is 18.8. The van der Waals surface area contributed by atoms with Crippen LogP contribution in [-0.4, -0.2) is 52.0 Å². The van der Waals surface area contributed by atoms with Gasteiger partial charge < -0.3 is 19.1 Å². The molecule has 2 aromatic carbocycles. The number of carboxylic acid groups (broad SMARTS) is 1. The summed E-state index contributed by atoms with van der Waals surface area (Å²) in [6.07, 6.45) is 5.70. The van der Waals surface area contributed by atoms with Crippen molar-refractivity contribution < 1.29 is 23.9 Å². The van der Waals surface area contributed by atoms with E-state index in [1.54, 1.807) is 13.4 Å². The highest BCUT2D eigenvalue weighted by atomic mass is 32.2. The van der Waals surface area contributed by atoms with E-state index >= 15 is 0 Å². The average Bonchev–Trinajstić information content (AvgIpc) is 3.25. The van der Waals surface area contributed by atoms with Gasteiger partial charge in [-0.25, -0.2) is 9.48 Å². The fourth-order valence-corrected chi connectivity index (χ4v) is 5.75. The summed E-state index contributed by atoms with van der Waals surface area (Å²) in [6, 6.07) is 17.8. The summed E-state index contributed by atoms with van der Waals surface area (Å²) in [6.45, 7) is 0.943. The Balaban J connectivity index is 1.62. The van der Waals surface area contributed by atoms with E-state index in [1.165, 1.54) is 0 Å². The second kappa shape index (κ2) is 11.7. The maximum Gasteiger partial charge on any atom is 0.329 e. The highest BCUT2D eigenvalue weighted by Crippen LogP contribution is 2.39. The number of aliphatic carboxylic acids is 1. The fraction of sp³-hybridized carbons (Fsp3) is 0.407. The molecule has 1 unspecified atom stereocenters. The first-order chi connectivity index (χ1) is 17.0. The first-order valence-electron chi connectivity index (χ1n) is 11.9. The Morgan fingerprint density at radius 3 is 2.43 bits per heavy atom. The van der Waals surface area contributed by atoms with Gasteiger partial charge in [-0.05, 0) is 55.2 Å². The zero-order valence-electron chi connectivity index (χ0n) is 20.2. The molecule has 1 saturated carbocycles. The van der Waals surface area contributed by atoms with Gasteiger partial charge in [0, 0.05) is 23.3 Å². The Bertz CT molecular complexity index is 1120. The number of rotatable bonds is 10. The van der Waals surface area contributed by atoms with Gasteiger partial charge in [0.15, 0.2) is 0 Å². The first kappa shape index (κ1) is 25.3. The molecule has 4 rings (SSSR count). The lowest BCUT2D eigenvalue weighted by Gasteiger charge is -2.28. The third-order valence-electron chi connectivity index (χ3n) is 6.56. The molecule has 1 aromatic heterocycles. The van der Waals surface area contributed by atoms with E-state index in [-0.39, 0.29) is 6.61 Å². The third-order valence-corrected chi connectivity index (χ3v) is 7.52. The van der Waals surface area contributed by atoms with Gasteiger partial charge in [-0.1, -0.05) is 42.5 Å². The van der Waals surface area contributed by atoms with Crippen LogP contribution in [0.3, 0.4) is 0 Å². The number of ether oxygens (including phenoxy) is 2. The minimum absolute atomic E-state index is 0.242. The summed E-state index contributed by atoms with van der Waals surface area (Å²) in [5.41, 5.74) is 3.61. The van der Waals surface area contributed by atoms with Crippen LogP contribution in [0.2, 0.25) is 0 Å². The number of aromatic nitrogens is 2. The van der Waals surface area contributed by atoms with Crippen LogP contribution < -0.4 is 4.74 Å². The molecule has 0 aliphatic heterocycles. The van der Waals surface area contributed by atoms with E-state index in [0.717, 1.165) is 58.8 Å². The standard InChI is InChI=1S/C27H32N2O5S/c1-33-23-10-6-9-22(15-23)25-26(21-7-4-3-5-8-21)28-29(27(25)35(2)32)16-19-11-13-20(14-12-19)17-34-18-24(30)31/h3-10,15,19-20H,11-14,16-18H2,1-2H3,(H,30,31)/t19-,20+,35?. The van der Waals surface area contributed by atoms with Crippen LogP contribution in [0, 0.1) is 11.8 Å². The van der Waals surface area contributed by atoms with Gasteiger partial charge in [-0.15, -0.1) is 0 Å². The van der Waals surface area contributed by atoms with E-state index in [1.807, 2.05) is 59.3 Å².